The van der Waals surface area contributed by atoms with E-state index >= 15 is 0 Å². The Bertz CT molecular complexity index is 113. The molecule has 0 aliphatic heterocycles. The Hall–Kier alpha value is 0.310. The van der Waals surface area contributed by atoms with Crippen LogP contribution in [-0.4, -0.2) is 41.7 Å². The summed E-state index contributed by atoms with van der Waals surface area (Å²) in [6, 6.07) is 0. The van der Waals surface area contributed by atoms with Crippen molar-refractivity contribution in [3.8, 4) is 0 Å². The van der Waals surface area contributed by atoms with Gasteiger partial charge in [-0.25, -0.2) is 0 Å². The Labute approximate surface area is 88.5 Å². The van der Waals surface area contributed by atoms with Gasteiger partial charge in [0.1, 0.15) is 0 Å². The van der Waals surface area contributed by atoms with Crippen LogP contribution in [-0.2, 0) is 0 Å². The van der Waals surface area contributed by atoms with Crippen LogP contribution in [0.3, 0.4) is 0 Å². The molecular weight excluding hydrogens is 178 g/mol. The average molecular weight is 204 g/mol. The minimum atomic E-state index is 0.810. The van der Waals surface area contributed by atoms with Crippen molar-refractivity contribution < 1.29 is 4.48 Å². The molecule has 0 radical (unpaired) electrons. The van der Waals surface area contributed by atoms with E-state index in [1.54, 1.807) is 0 Å². The predicted octanol–water partition coefficient (Wildman–Crippen LogP) is 3.00. The minimum Gasteiger partial charge on any atom is -0.323 e. The van der Waals surface area contributed by atoms with Crippen LogP contribution in [0, 0.1) is 0 Å². The van der Waals surface area contributed by atoms with Gasteiger partial charge in [-0.2, -0.15) is 11.8 Å². The molecular formula is C11H26NS+. The van der Waals surface area contributed by atoms with Crippen molar-refractivity contribution in [1.82, 2.24) is 0 Å². The van der Waals surface area contributed by atoms with E-state index in [0.717, 1.165) is 5.25 Å². The van der Waals surface area contributed by atoms with E-state index in [1.807, 2.05) is 0 Å². The van der Waals surface area contributed by atoms with E-state index in [1.165, 1.54) is 36.4 Å². The lowest BCUT2D eigenvalue weighted by atomic mass is 10.3. The summed E-state index contributed by atoms with van der Waals surface area (Å²) >= 11 is 2.09. The van der Waals surface area contributed by atoms with Crippen molar-refractivity contribution in [3.63, 3.8) is 0 Å². The molecule has 80 valence electrons. The molecule has 1 unspecified atom stereocenters. The lowest BCUT2D eigenvalue weighted by Gasteiger charge is -2.37. The van der Waals surface area contributed by atoms with Crippen LogP contribution in [0.15, 0.2) is 0 Å². The first-order valence-corrected chi connectivity index (χ1v) is 6.65. The molecule has 0 aromatic heterocycles. The van der Waals surface area contributed by atoms with Crippen LogP contribution in [0.4, 0.5) is 0 Å². The molecule has 1 nitrogen and oxygen atoms in total. The predicted molar refractivity (Wildman–Crippen MR) is 64.3 cm³/mol. The normalized spacial score (nSPS) is 14.5. The molecule has 13 heavy (non-hydrogen) atoms. The molecule has 0 bridgehead atoms. The second-order valence-corrected chi connectivity index (χ2v) is 5.45. The second kappa shape index (κ2) is 6.72. The highest BCUT2D eigenvalue weighted by Crippen LogP contribution is 2.16. The number of hydrogen-bond donors (Lipinski definition) is 0. The van der Waals surface area contributed by atoms with Gasteiger partial charge in [0.05, 0.1) is 31.4 Å². The van der Waals surface area contributed by atoms with E-state index in [-0.39, 0.29) is 0 Å². The number of quaternary nitrogens is 1. The van der Waals surface area contributed by atoms with Gasteiger partial charge >= 0.3 is 0 Å². The summed E-state index contributed by atoms with van der Waals surface area (Å²) in [6.07, 6.45) is 0. The zero-order chi connectivity index (χ0) is 10.3. The summed E-state index contributed by atoms with van der Waals surface area (Å²) < 4.78 is 1.29. The molecule has 2 heteroatoms. The first kappa shape index (κ1) is 13.3. The minimum absolute atomic E-state index is 0.810. The number of hydrogen-bond acceptors (Lipinski definition) is 1. The van der Waals surface area contributed by atoms with Crippen LogP contribution < -0.4 is 0 Å². The smallest absolute Gasteiger partial charge is 0.0904 e. The monoisotopic (exact) mass is 204 g/mol. The van der Waals surface area contributed by atoms with E-state index < -0.39 is 0 Å². The second-order valence-electron chi connectivity index (χ2n) is 3.74. The highest BCUT2D eigenvalue weighted by Gasteiger charge is 2.23. The summed E-state index contributed by atoms with van der Waals surface area (Å²) in [7, 11) is 0. The summed E-state index contributed by atoms with van der Waals surface area (Å²) in [5.74, 6) is 1.25. The van der Waals surface area contributed by atoms with Gasteiger partial charge in [-0.15, -0.1) is 0 Å². The fraction of sp³-hybridized carbons (Fsp3) is 1.00. The van der Waals surface area contributed by atoms with Crippen LogP contribution in [0.5, 0.6) is 0 Å². The Morgan fingerprint density at radius 2 is 1.46 bits per heavy atom. The van der Waals surface area contributed by atoms with Crippen LogP contribution in [0.25, 0.3) is 0 Å². The summed E-state index contributed by atoms with van der Waals surface area (Å²) in [4.78, 5) is 0. The lowest BCUT2D eigenvalue weighted by molar-refractivity contribution is -0.922. The van der Waals surface area contributed by atoms with Crippen molar-refractivity contribution in [1.29, 1.82) is 0 Å². The van der Waals surface area contributed by atoms with Crippen LogP contribution in [0.1, 0.15) is 34.6 Å². The Balaban J connectivity index is 4.07. The molecule has 0 amide bonds. The van der Waals surface area contributed by atoms with Crippen LogP contribution in [0.2, 0.25) is 0 Å². The third-order valence-corrected chi connectivity index (χ3v) is 4.16. The summed E-state index contributed by atoms with van der Waals surface area (Å²) in [5.41, 5.74) is 0. The van der Waals surface area contributed by atoms with E-state index in [9.17, 15) is 0 Å². The molecule has 0 saturated carbocycles. The first-order chi connectivity index (χ1) is 6.14. The van der Waals surface area contributed by atoms with E-state index in [4.69, 9.17) is 0 Å². The summed E-state index contributed by atoms with van der Waals surface area (Å²) in [5, 5.41) is 0.810. The zero-order valence-corrected chi connectivity index (χ0v) is 10.8. The SMILES string of the molecule is CCSC(C)C[N+](CC)(CC)CC. The van der Waals surface area contributed by atoms with Crippen molar-refractivity contribution in [2.45, 2.75) is 39.9 Å². The van der Waals surface area contributed by atoms with Gasteiger partial charge in [-0.1, -0.05) is 6.92 Å². The molecule has 0 aliphatic carbocycles. The maximum atomic E-state index is 2.36. The standard InChI is InChI=1S/C11H26NS/c1-6-12(7-2,8-3)10-11(5)13-9-4/h11H,6-10H2,1-5H3/q+1. The highest BCUT2D eigenvalue weighted by molar-refractivity contribution is 7.99. The van der Waals surface area contributed by atoms with Crippen molar-refractivity contribution >= 4 is 11.8 Å². The van der Waals surface area contributed by atoms with Gasteiger partial charge in [0.25, 0.3) is 0 Å². The van der Waals surface area contributed by atoms with Gasteiger partial charge in [0, 0.05) is 0 Å². The highest BCUT2D eigenvalue weighted by atomic mass is 32.2. The maximum Gasteiger partial charge on any atom is 0.0904 e. The molecule has 0 rings (SSSR count). The first-order valence-electron chi connectivity index (χ1n) is 5.60. The number of rotatable bonds is 7. The topological polar surface area (TPSA) is 0 Å². The average Bonchev–Trinajstić information content (AvgIpc) is 2.15. The van der Waals surface area contributed by atoms with Gasteiger partial charge in [0.15, 0.2) is 0 Å². The van der Waals surface area contributed by atoms with Gasteiger partial charge in [-0.3, -0.25) is 0 Å². The van der Waals surface area contributed by atoms with Gasteiger partial charge in [-0.05, 0) is 33.4 Å². The molecule has 1 atom stereocenters. The maximum absolute atomic E-state index is 2.36. The largest absolute Gasteiger partial charge is 0.323 e. The molecule has 0 heterocycles. The molecule has 0 saturated heterocycles. The van der Waals surface area contributed by atoms with E-state index in [0.29, 0.717) is 0 Å². The van der Waals surface area contributed by atoms with Crippen LogP contribution >= 0.6 is 11.8 Å². The quantitative estimate of drug-likeness (QED) is 0.575. The van der Waals surface area contributed by atoms with Crippen molar-refractivity contribution in [2.24, 2.45) is 0 Å². The Morgan fingerprint density at radius 1 is 1.00 bits per heavy atom. The van der Waals surface area contributed by atoms with Crippen molar-refractivity contribution in [3.05, 3.63) is 0 Å². The van der Waals surface area contributed by atoms with Gasteiger partial charge in [0.2, 0.25) is 0 Å². The Morgan fingerprint density at radius 3 is 1.77 bits per heavy atom. The lowest BCUT2D eigenvalue weighted by Crippen LogP contribution is -2.50. The molecule has 0 aromatic carbocycles. The summed E-state index contributed by atoms with van der Waals surface area (Å²) in [6.45, 7) is 16.7. The molecule has 0 spiro atoms. The third kappa shape index (κ3) is 4.37. The molecule has 0 fully saturated rings. The third-order valence-electron chi connectivity index (χ3n) is 3.11. The fourth-order valence-electron chi connectivity index (χ4n) is 1.94. The molecule has 0 N–H and O–H groups in total. The molecule has 0 aliphatic rings. The number of nitrogens with zero attached hydrogens (tertiary/aromatic N) is 1. The fourth-order valence-corrected chi connectivity index (χ4v) is 2.93. The number of thioether (sulfide) groups is 1. The van der Waals surface area contributed by atoms with E-state index in [2.05, 4.69) is 46.4 Å². The Kier molecular flexibility index (Phi) is 6.88. The van der Waals surface area contributed by atoms with Crippen molar-refractivity contribution in [2.75, 3.05) is 31.9 Å². The molecule has 0 aromatic rings. The zero-order valence-electron chi connectivity index (χ0n) is 9.97. The van der Waals surface area contributed by atoms with Gasteiger partial charge < -0.3 is 4.48 Å².